The van der Waals surface area contributed by atoms with Gasteiger partial charge in [0.05, 0.1) is 0 Å². The fourth-order valence-electron chi connectivity index (χ4n) is 1.34. The Balaban J connectivity index is 1.87. The minimum atomic E-state index is -1.98. The Bertz CT molecular complexity index is 402. The number of hydrogen-bond donors (Lipinski definition) is 0. The van der Waals surface area contributed by atoms with Crippen LogP contribution in [0, 0.1) is 10.8 Å². The van der Waals surface area contributed by atoms with Crippen molar-refractivity contribution >= 4 is 61.4 Å². The van der Waals surface area contributed by atoms with Crippen molar-refractivity contribution in [2.45, 2.75) is 27.7 Å². The summed E-state index contributed by atoms with van der Waals surface area (Å²) >= 11 is 6.21. The Morgan fingerprint density at radius 3 is 1.20 bits per heavy atom. The standard InChI is InChI=1S/C10H20O4P2S2Se2/c1-9(2)5-11-15(19,12-6-9)17-18-16(20)13-7-10(3,4)8-14-16/h5-8H2,1-4H3. The summed E-state index contributed by atoms with van der Waals surface area (Å²) in [7, 11) is 3.20. The van der Waals surface area contributed by atoms with Crippen molar-refractivity contribution in [2.75, 3.05) is 26.4 Å². The van der Waals surface area contributed by atoms with Crippen LogP contribution < -0.4 is 0 Å². The van der Waals surface area contributed by atoms with Crippen molar-refractivity contribution in [3.63, 3.8) is 0 Å². The molecule has 2 saturated heterocycles. The van der Waals surface area contributed by atoms with Crippen molar-refractivity contribution in [1.82, 2.24) is 0 Å². The Morgan fingerprint density at radius 1 is 0.700 bits per heavy atom. The first-order valence-corrected chi connectivity index (χ1v) is 17.2. The molecule has 0 atom stereocenters. The predicted molar refractivity (Wildman–Crippen MR) is 91.9 cm³/mol. The molecule has 0 amide bonds. The summed E-state index contributed by atoms with van der Waals surface area (Å²) in [5.74, 6) is 0. The molecule has 0 unspecified atom stereocenters. The first kappa shape index (κ1) is 18.8. The molecule has 2 heterocycles. The van der Waals surface area contributed by atoms with E-state index in [9.17, 15) is 0 Å². The van der Waals surface area contributed by atoms with Gasteiger partial charge in [0.2, 0.25) is 0 Å². The van der Waals surface area contributed by atoms with E-state index < -0.39 is 10.3 Å². The maximum absolute atomic E-state index is 5.93. The molecule has 0 radical (unpaired) electrons. The maximum atomic E-state index is 5.93. The van der Waals surface area contributed by atoms with Gasteiger partial charge in [0.1, 0.15) is 0 Å². The van der Waals surface area contributed by atoms with Crippen molar-refractivity contribution in [1.29, 1.82) is 0 Å². The Morgan fingerprint density at radius 2 is 0.950 bits per heavy atom. The molecule has 2 aliphatic heterocycles. The van der Waals surface area contributed by atoms with Crippen LogP contribution in [0.3, 0.4) is 0 Å². The van der Waals surface area contributed by atoms with Crippen molar-refractivity contribution in [3.05, 3.63) is 0 Å². The second-order valence-corrected chi connectivity index (χ2v) is 25.2. The van der Waals surface area contributed by atoms with E-state index >= 15 is 0 Å². The van der Waals surface area contributed by atoms with Gasteiger partial charge in [-0.25, -0.2) is 0 Å². The molecule has 20 heavy (non-hydrogen) atoms. The quantitative estimate of drug-likeness (QED) is 0.337. The first-order chi connectivity index (χ1) is 9.04. The van der Waals surface area contributed by atoms with E-state index in [1.54, 1.807) is 20.8 Å². The fraction of sp³-hybridized carbons (Fsp3) is 1.00. The summed E-state index contributed by atoms with van der Waals surface area (Å²) in [5, 5.41) is -3.96. The van der Waals surface area contributed by atoms with Crippen LogP contribution in [0.2, 0.25) is 0 Å². The molecule has 2 aliphatic rings. The molecule has 2 fully saturated rings. The zero-order valence-electron chi connectivity index (χ0n) is 12.0. The minimum absolute atomic E-state index is 0.0889. The SMILES string of the molecule is CC1(C)COP(=[Se])(SSP2(=[Se])OCC(C)(C)CO2)OC1. The van der Waals surface area contributed by atoms with Crippen molar-refractivity contribution in [2.24, 2.45) is 10.8 Å². The summed E-state index contributed by atoms with van der Waals surface area (Å²) in [6.45, 7) is 11.4. The van der Waals surface area contributed by atoms with Gasteiger partial charge in [0.15, 0.2) is 0 Å². The van der Waals surface area contributed by atoms with Gasteiger partial charge in [-0.05, 0) is 0 Å². The Hall–Kier alpha value is 2.44. The first-order valence-electron chi connectivity index (χ1n) is 6.20. The third-order valence-corrected chi connectivity index (χ3v) is 22.7. The van der Waals surface area contributed by atoms with E-state index in [1.807, 2.05) is 0 Å². The van der Waals surface area contributed by atoms with Crippen LogP contribution in [-0.2, 0) is 18.1 Å². The fourth-order valence-corrected chi connectivity index (χ4v) is 23.5. The van der Waals surface area contributed by atoms with Gasteiger partial charge in [-0.1, -0.05) is 0 Å². The number of hydrogen-bond acceptors (Lipinski definition) is 6. The van der Waals surface area contributed by atoms with E-state index in [0.717, 1.165) is 26.4 Å². The zero-order valence-corrected chi connectivity index (χ0v) is 18.8. The van der Waals surface area contributed by atoms with E-state index in [-0.39, 0.29) is 10.8 Å². The Kier molecular flexibility index (Phi) is 6.33. The van der Waals surface area contributed by atoms with Crippen LogP contribution in [0.25, 0.3) is 0 Å². The van der Waals surface area contributed by atoms with Crippen LogP contribution in [0.4, 0.5) is 0 Å². The van der Waals surface area contributed by atoms with Crippen LogP contribution in [0.1, 0.15) is 27.7 Å². The predicted octanol–water partition coefficient (Wildman–Crippen LogP) is 4.21. The molecule has 0 bridgehead atoms. The summed E-state index contributed by atoms with van der Waals surface area (Å²) in [4.78, 5) is 0. The molecule has 10 heteroatoms. The molecule has 0 aromatic heterocycles. The van der Waals surface area contributed by atoms with Gasteiger partial charge < -0.3 is 0 Å². The molecule has 0 spiro atoms. The van der Waals surface area contributed by atoms with Crippen LogP contribution >= 0.6 is 31.2 Å². The molecule has 0 saturated carbocycles. The monoisotopic (exact) mass is 490 g/mol. The summed E-state index contributed by atoms with van der Waals surface area (Å²) in [6, 6.07) is 0. The average Bonchev–Trinajstić information content (AvgIpc) is 2.36. The van der Waals surface area contributed by atoms with Crippen LogP contribution in [-0.4, -0.2) is 56.6 Å². The second kappa shape index (κ2) is 6.75. The summed E-state index contributed by atoms with van der Waals surface area (Å²) < 4.78 is 23.7. The summed E-state index contributed by atoms with van der Waals surface area (Å²) in [6.07, 6.45) is 0. The molecule has 0 aliphatic carbocycles. The van der Waals surface area contributed by atoms with Gasteiger partial charge in [0, 0.05) is 0 Å². The molecule has 0 N–H and O–H groups in total. The van der Waals surface area contributed by atoms with Gasteiger partial charge in [-0.3, -0.25) is 0 Å². The number of rotatable bonds is 3. The average molecular weight is 488 g/mol. The van der Waals surface area contributed by atoms with Crippen LogP contribution in [0.15, 0.2) is 0 Å². The molecule has 0 aromatic rings. The third-order valence-electron chi connectivity index (χ3n) is 2.67. The van der Waals surface area contributed by atoms with Crippen molar-refractivity contribution < 1.29 is 18.1 Å². The molecular weight excluding hydrogens is 468 g/mol. The molecular formula is C10H20O4P2S2Se2. The van der Waals surface area contributed by atoms with E-state index in [4.69, 9.17) is 18.1 Å². The van der Waals surface area contributed by atoms with E-state index in [0.29, 0.717) is 0 Å². The Labute approximate surface area is 143 Å². The molecule has 2 rings (SSSR count). The van der Waals surface area contributed by atoms with Crippen molar-refractivity contribution in [3.8, 4) is 0 Å². The normalized spacial score (nSPS) is 30.8. The molecule has 118 valence electrons. The van der Waals surface area contributed by atoms with Gasteiger partial charge in [-0.2, -0.15) is 0 Å². The molecule has 4 nitrogen and oxygen atoms in total. The van der Waals surface area contributed by atoms with E-state index in [1.165, 1.54) is 0 Å². The molecule has 0 aromatic carbocycles. The topological polar surface area (TPSA) is 36.9 Å². The van der Waals surface area contributed by atoms with E-state index in [2.05, 4.69) is 57.9 Å². The third kappa shape index (κ3) is 5.51. The van der Waals surface area contributed by atoms with Gasteiger partial charge in [-0.15, -0.1) is 0 Å². The van der Waals surface area contributed by atoms with Gasteiger partial charge in [0.25, 0.3) is 0 Å². The zero-order chi connectivity index (χ0) is 15.1. The van der Waals surface area contributed by atoms with Crippen LogP contribution in [0.5, 0.6) is 0 Å². The summed E-state index contributed by atoms with van der Waals surface area (Å²) in [5.41, 5.74) is 0.178. The second-order valence-electron chi connectivity index (χ2n) is 6.47. The van der Waals surface area contributed by atoms with Gasteiger partial charge >= 0.3 is 144 Å².